The quantitative estimate of drug-likeness (QED) is 0.777. The maximum Gasteiger partial charge on any atom is 0.333 e. The summed E-state index contributed by atoms with van der Waals surface area (Å²) < 4.78 is 5.34. The van der Waals surface area contributed by atoms with E-state index in [0.29, 0.717) is 16.7 Å². The molecule has 3 nitrogen and oxygen atoms in total. The van der Waals surface area contributed by atoms with Gasteiger partial charge in [-0.2, -0.15) is 0 Å². The van der Waals surface area contributed by atoms with E-state index in [4.69, 9.17) is 33.0 Å². The van der Waals surface area contributed by atoms with E-state index in [1.165, 1.54) is 0 Å². The van der Waals surface area contributed by atoms with E-state index < -0.39 is 12.1 Å². The SMILES string of the molecule is CCCCO[C@@H](Cc1ccc(Cl)cc1Cl)C(=O)O. The average Bonchev–Trinajstić information content (AvgIpc) is 2.30. The Hall–Kier alpha value is -0.770. The molecule has 0 spiro atoms. The summed E-state index contributed by atoms with van der Waals surface area (Å²) >= 11 is 11.8. The Labute approximate surface area is 117 Å². The number of ether oxygens (including phenoxy) is 1. The van der Waals surface area contributed by atoms with Crippen molar-refractivity contribution in [2.24, 2.45) is 0 Å². The minimum absolute atomic E-state index is 0.245. The second-order valence-corrected chi connectivity index (χ2v) is 4.83. The van der Waals surface area contributed by atoms with Crippen LogP contribution >= 0.6 is 23.2 Å². The van der Waals surface area contributed by atoms with Crippen LogP contribution in [0.15, 0.2) is 18.2 Å². The Morgan fingerprint density at radius 1 is 1.44 bits per heavy atom. The van der Waals surface area contributed by atoms with E-state index >= 15 is 0 Å². The van der Waals surface area contributed by atoms with Gasteiger partial charge in [-0.1, -0.05) is 42.6 Å². The minimum Gasteiger partial charge on any atom is -0.479 e. The Bertz CT molecular complexity index is 407. The number of rotatable bonds is 7. The van der Waals surface area contributed by atoms with Gasteiger partial charge in [0.25, 0.3) is 0 Å². The zero-order valence-electron chi connectivity index (χ0n) is 10.2. The molecule has 5 heteroatoms. The molecule has 1 aromatic rings. The van der Waals surface area contributed by atoms with Crippen LogP contribution in [0.3, 0.4) is 0 Å². The van der Waals surface area contributed by atoms with Gasteiger partial charge >= 0.3 is 5.97 Å². The molecular formula is C13H16Cl2O3. The molecule has 0 saturated heterocycles. The van der Waals surface area contributed by atoms with Gasteiger partial charge < -0.3 is 9.84 Å². The van der Waals surface area contributed by atoms with Crippen LogP contribution in [0.4, 0.5) is 0 Å². The maximum atomic E-state index is 11.1. The van der Waals surface area contributed by atoms with Crippen molar-refractivity contribution in [1.82, 2.24) is 0 Å². The zero-order chi connectivity index (χ0) is 13.5. The number of carbonyl (C=O) groups is 1. The summed E-state index contributed by atoms with van der Waals surface area (Å²) in [7, 11) is 0. The third-order valence-corrected chi connectivity index (χ3v) is 3.10. The fourth-order valence-electron chi connectivity index (χ4n) is 1.47. The zero-order valence-corrected chi connectivity index (χ0v) is 11.7. The summed E-state index contributed by atoms with van der Waals surface area (Å²) in [5, 5.41) is 10.1. The summed E-state index contributed by atoms with van der Waals surface area (Å²) in [6.07, 6.45) is 1.19. The molecule has 0 heterocycles. The number of aliphatic carboxylic acids is 1. The number of unbranched alkanes of at least 4 members (excludes halogenated alkanes) is 1. The van der Waals surface area contributed by atoms with Crippen molar-refractivity contribution in [3.05, 3.63) is 33.8 Å². The number of carboxylic acid groups (broad SMARTS) is 1. The summed E-state index contributed by atoms with van der Waals surface area (Å²) in [5.41, 5.74) is 0.727. The van der Waals surface area contributed by atoms with E-state index in [-0.39, 0.29) is 6.42 Å². The normalized spacial score (nSPS) is 12.4. The van der Waals surface area contributed by atoms with Gasteiger partial charge in [-0.15, -0.1) is 0 Å². The molecule has 0 fully saturated rings. The Morgan fingerprint density at radius 2 is 2.17 bits per heavy atom. The van der Waals surface area contributed by atoms with Gasteiger partial charge in [0.1, 0.15) is 0 Å². The van der Waals surface area contributed by atoms with Gasteiger partial charge in [0.2, 0.25) is 0 Å². The molecule has 0 bridgehead atoms. The second kappa shape index (κ2) is 7.62. The van der Waals surface area contributed by atoms with Crippen molar-refractivity contribution in [1.29, 1.82) is 0 Å². The van der Waals surface area contributed by atoms with Crippen molar-refractivity contribution < 1.29 is 14.6 Å². The maximum absolute atomic E-state index is 11.1. The Kier molecular flexibility index (Phi) is 6.47. The smallest absolute Gasteiger partial charge is 0.333 e. The molecule has 0 aliphatic carbocycles. The van der Waals surface area contributed by atoms with Crippen molar-refractivity contribution in [3.8, 4) is 0 Å². The molecule has 0 aromatic heterocycles. The van der Waals surface area contributed by atoms with E-state index in [1.54, 1.807) is 18.2 Å². The lowest BCUT2D eigenvalue weighted by Gasteiger charge is -2.14. The van der Waals surface area contributed by atoms with Gasteiger partial charge in [0.15, 0.2) is 6.10 Å². The molecule has 0 unspecified atom stereocenters. The highest BCUT2D eigenvalue weighted by Gasteiger charge is 2.19. The number of hydrogen-bond donors (Lipinski definition) is 1. The summed E-state index contributed by atoms with van der Waals surface area (Å²) in [5.74, 6) is -0.975. The van der Waals surface area contributed by atoms with Crippen LogP contribution in [-0.4, -0.2) is 23.8 Å². The number of carboxylic acids is 1. The molecule has 18 heavy (non-hydrogen) atoms. The van der Waals surface area contributed by atoms with Crippen molar-refractivity contribution in [2.45, 2.75) is 32.3 Å². The van der Waals surface area contributed by atoms with Gasteiger partial charge in [0.05, 0.1) is 0 Å². The van der Waals surface area contributed by atoms with Crippen LogP contribution in [0.2, 0.25) is 10.0 Å². The molecule has 1 rings (SSSR count). The van der Waals surface area contributed by atoms with E-state index in [0.717, 1.165) is 18.4 Å². The highest BCUT2D eigenvalue weighted by molar-refractivity contribution is 6.35. The Balaban J connectivity index is 2.67. The fourth-order valence-corrected chi connectivity index (χ4v) is 1.96. The van der Waals surface area contributed by atoms with Crippen LogP contribution in [0.1, 0.15) is 25.3 Å². The molecular weight excluding hydrogens is 275 g/mol. The van der Waals surface area contributed by atoms with Crippen LogP contribution in [0, 0.1) is 0 Å². The van der Waals surface area contributed by atoms with Crippen LogP contribution in [0.5, 0.6) is 0 Å². The topological polar surface area (TPSA) is 46.5 Å². The molecule has 1 aromatic carbocycles. The molecule has 100 valence electrons. The van der Waals surface area contributed by atoms with Gasteiger partial charge in [0, 0.05) is 23.1 Å². The number of halogens is 2. The van der Waals surface area contributed by atoms with E-state index in [2.05, 4.69) is 0 Å². The van der Waals surface area contributed by atoms with Gasteiger partial charge in [-0.25, -0.2) is 4.79 Å². The van der Waals surface area contributed by atoms with Crippen LogP contribution in [-0.2, 0) is 16.0 Å². The van der Waals surface area contributed by atoms with Crippen LogP contribution in [0.25, 0.3) is 0 Å². The van der Waals surface area contributed by atoms with Gasteiger partial charge in [-0.3, -0.25) is 0 Å². The second-order valence-electron chi connectivity index (χ2n) is 3.99. The number of hydrogen-bond acceptors (Lipinski definition) is 2. The fraction of sp³-hybridized carbons (Fsp3) is 0.462. The molecule has 0 aliphatic rings. The average molecular weight is 291 g/mol. The summed E-state index contributed by atoms with van der Waals surface area (Å²) in [6, 6.07) is 5.01. The molecule has 0 radical (unpaired) electrons. The predicted molar refractivity (Wildman–Crippen MR) is 72.4 cm³/mol. The van der Waals surface area contributed by atoms with E-state index in [9.17, 15) is 4.79 Å². The number of benzene rings is 1. The lowest BCUT2D eigenvalue weighted by atomic mass is 10.1. The van der Waals surface area contributed by atoms with Crippen LogP contribution < -0.4 is 0 Å². The van der Waals surface area contributed by atoms with E-state index in [1.807, 2.05) is 6.92 Å². The lowest BCUT2D eigenvalue weighted by molar-refractivity contribution is -0.150. The minimum atomic E-state index is -0.975. The molecule has 1 atom stereocenters. The van der Waals surface area contributed by atoms with Gasteiger partial charge in [-0.05, 0) is 24.1 Å². The largest absolute Gasteiger partial charge is 0.479 e. The molecule has 0 saturated carbocycles. The molecule has 0 amide bonds. The first-order valence-electron chi connectivity index (χ1n) is 5.83. The lowest BCUT2D eigenvalue weighted by Crippen LogP contribution is -2.27. The van der Waals surface area contributed by atoms with Crippen molar-refractivity contribution in [2.75, 3.05) is 6.61 Å². The first-order valence-corrected chi connectivity index (χ1v) is 6.58. The predicted octanol–water partition coefficient (Wildman–Crippen LogP) is 3.81. The van der Waals surface area contributed by atoms with Crippen molar-refractivity contribution >= 4 is 29.2 Å². The third-order valence-electron chi connectivity index (χ3n) is 2.51. The molecule has 0 aliphatic heterocycles. The van der Waals surface area contributed by atoms with Crippen molar-refractivity contribution in [3.63, 3.8) is 0 Å². The molecule has 1 N–H and O–H groups in total. The first kappa shape index (κ1) is 15.3. The standard InChI is InChI=1S/C13H16Cl2O3/c1-2-3-6-18-12(13(16)17)7-9-4-5-10(14)8-11(9)15/h4-5,8,12H,2-3,6-7H2,1H3,(H,16,17)/t12-/m0/s1. The Morgan fingerprint density at radius 3 is 2.72 bits per heavy atom. The highest BCUT2D eigenvalue weighted by atomic mass is 35.5. The first-order chi connectivity index (χ1) is 8.54. The summed E-state index contributed by atoms with van der Waals surface area (Å²) in [4.78, 5) is 11.1. The highest BCUT2D eigenvalue weighted by Crippen LogP contribution is 2.22. The monoisotopic (exact) mass is 290 g/mol. The summed E-state index contributed by atoms with van der Waals surface area (Å²) in [6.45, 7) is 2.47. The third kappa shape index (κ3) is 4.84.